The van der Waals surface area contributed by atoms with Crippen molar-refractivity contribution in [3.8, 4) is 28.8 Å². The molecular weight excluding hydrogens is 353 g/mol. The van der Waals surface area contributed by atoms with Gasteiger partial charge in [0.1, 0.15) is 22.5 Å². The first kappa shape index (κ1) is 16.1. The van der Waals surface area contributed by atoms with E-state index in [1.54, 1.807) is 18.3 Å². The Labute approximate surface area is 153 Å². The fourth-order valence-electron chi connectivity index (χ4n) is 2.43. The van der Waals surface area contributed by atoms with Gasteiger partial charge in [0.2, 0.25) is 6.79 Å². The van der Waals surface area contributed by atoms with Crippen molar-refractivity contribution in [2.24, 2.45) is 0 Å². The molecule has 0 saturated heterocycles. The van der Waals surface area contributed by atoms with Crippen molar-refractivity contribution in [1.82, 2.24) is 4.98 Å². The van der Waals surface area contributed by atoms with Crippen molar-refractivity contribution >= 4 is 22.6 Å². The Bertz CT molecular complexity index is 1020. The van der Waals surface area contributed by atoms with Crippen LogP contribution in [-0.2, 0) is 0 Å². The van der Waals surface area contributed by atoms with Gasteiger partial charge < -0.3 is 14.8 Å². The van der Waals surface area contributed by atoms with E-state index in [1.807, 2.05) is 23.6 Å². The summed E-state index contributed by atoms with van der Waals surface area (Å²) >= 11 is 1.37. The minimum absolute atomic E-state index is 0.220. The lowest BCUT2D eigenvalue weighted by Gasteiger charge is -2.01. The Morgan fingerprint density at radius 2 is 2.00 bits per heavy atom. The van der Waals surface area contributed by atoms with Crippen LogP contribution in [-0.4, -0.2) is 11.8 Å². The van der Waals surface area contributed by atoms with Gasteiger partial charge in [0.15, 0.2) is 11.5 Å². The monoisotopic (exact) mass is 365 g/mol. The number of hydrogen-bond acceptors (Lipinski definition) is 6. The molecule has 26 heavy (non-hydrogen) atoms. The molecule has 128 valence electrons. The highest BCUT2D eigenvalue weighted by Crippen LogP contribution is 2.36. The quantitative estimate of drug-likeness (QED) is 0.682. The second-order valence-corrected chi connectivity index (χ2v) is 6.29. The molecule has 0 atom stereocenters. The van der Waals surface area contributed by atoms with Gasteiger partial charge >= 0.3 is 0 Å². The van der Waals surface area contributed by atoms with Crippen molar-refractivity contribution in [1.29, 1.82) is 5.26 Å². The highest BCUT2D eigenvalue weighted by atomic mass is 32.1. The number of halogens is 1. The molecule has 0 fully saturated rings. The van der Waals surface area contributed by atoms with Gasteiger partial charge in [0.05, 0.1) is 5.69 Å². The van der Waals surface area contributed by atoms with Gasteiger partial charge in [-0.2, -0.15) is 5.26 Å². The van der Waals surface area contributed by atoms with Gasteiger partial charge in [0.25, 0.3) is 0 Å². The van der Waals surface area contributed by atoms with Crippen molar-refractivity contribution in [3.63, 3.8) is 0 Å². The minimum Gasteiger partial charge on any atom is -0.454 e. The minimum atomic E-state index is -0.312. The molecule has 1 aromatic heterocycles. The van der Waals surface area contributed by atoms with Gasteiger partial charge in [-0.1, -0.05) is 0 Å². The Morgan fingerprint density at radius 3 is 2.81 bits per heavy atom. The van der Waals surface area contributed by atoms with E-state index in [4.69, 9.17) is 9.47 Å². The number of nitrogens with one attached hydrogen (secondary N) is 1. The average molecular weight is 365 g/mol. The molecular formula is C19H12FN3O2S. The maximum absolute atomic E-state index is 12.9. The third-order valence-corrected chi connectivity index (χ3v) is 4.63. The van der Waals surface area contributed by atoms with Crippen LogP contribution in [0.3, 0.4) is 0 Å². The van der Waals surface area contributed by atoms with Gasteiger partial charge in [-0.15, -0.1) is 11.3 Å². The average Bonchev–Trinajstić information content (AvgIpc) is 3.32. The van der Waals surface area contributed by atoms with Crippen molar-refractivity contribution in [2.45, 2.75) is 0 Å². The predicted octanol–water partition coefficient (Wildman–Crippen LogP) is 4.65. The van der Waals surface area contributed by atoms with Crippen LogP contribution >= 0.6 is 11.3 Å². The van der Waals surface area contributed by atoms with Crippen molar-refractivity contribution in [3.05, 3.63) is 64.9 Å². The van der Waals surface area contributed by atoms with E-state index in [0.29, 0.717) is 27.8 Å². The van der Waals surface area contributed by atoms with Crippen LogP contribution in [0.5, 0.6) is 11.5 Å². The molecule has 0 bridgehead atoms. The number of hydrogen-bond donors (Lipinski definition) is 1. The molecule has 0 saturated carbocycles. The molecule has 0 aliphatic carbocycles. The Morgan fingerprint density at radius 1 is 1.19 bits per heavy atom. The lowest BCUT2D eigenvalue weighted by atomic mass is 10.1. The summed E-state index contributed by atoms with van der Waals surface area (Å²) in [4.78, 5) is 4.53. The third kappa shape index (κ3) is 3.23. The first-order valence-electron chi connectivity index (χ1n) is 7.71. The Hall–Kier alpha value is -3.37. The highest BCUT2D eigenvalue weighted by molar-refractivity contribution is 7.11. The summed E-state index contributed by atoms with van der Waals surface area (Å²) in [6, 6.07) is 13.6. The summed E-state index contributed by atoms with van der Waals surface area (Å²) in [7, 11) is 0. The molecule has 5 nitrogen and oxygen atoms in total. The normalized spacial score (nSPS) is 12.7. The Balaban J connectivity index is 1.56. The number of fused-ring (bicyclic) bond motifs is 1. The zero-order chi connectivity index (χ0) is 17.9. The van der Waals surface area contributed by atoms with Gasteiger partial charge in [-0.05, 0) is 42.5 Å². The van der Waals surface area contributed by atoms with Crippen molar-refractivity contribution < 1.29 is 13.9 Å². The summed E-state index contributed by atoms with van der Waals surface area (Å²) in [5.74, 6) is 1.09. The molecule has 2 heterocycles. The van der Waals surface area contributed by atoms with E-state index in [2.05, 4.69) is 16.4 Å². The predicted molar refractivity (Wildman–Crippen MR) is 97.3 cm³/mol. The zero-order valence-electron chi connectivity index (χ0n) is 13.4. The highest BCUT2D eigenvalue weighted by Gasteiger charge is 2.15. The largest absolute Gasteiger partial charge is 0.454 e. The number of allylic oxidation sites excluding steroid dienone is 1. The van der Waals surface area contributed by atoms with Gasteiger partial charge in [-0.3, -0.25) is 0 Å². The van der Waals surface area contributed by atoms with Crippen LogP contribution in [0.2, 0.25) is 0 Å². The first-order valence-corrected chi connectivity index (χ1v) is 8.59. The maximum atomic E-state index is 12.9. The van der Waals surface area contributed by atoms with Crippen LogP contribution in [0.15, 0.2) is 54.0 Å². The second kappa shape index (κ2) is 6.86. The zero-order valence-corrected chi connectivity index (χ0v) is 14.2. The molecule has 4 rings (SSSR count). The first-order chi connectivity index (χ1) is 12.7. The number of rotatable bonds is 4. The second-order valence-electron chi connectivity index (χ2n) is 5.43. The number of ether oxygens (including phenoxy) is 2. The summed E-state index contributed by atoms with van der Waals surface area (Å²) in [5, 5.41) is 14.9. The Kier molecular flexibility index (Phi) is 4.25. The third-order valence-electron chi connectivity index (χ3n) is 3.75. The van der Waals surface area contributed by atoms with E-state index in [1.165, 1.54) is 23.5 Å². The number of anilines is 1. The standard InChI is InChI=1S/C19H12FN3O2S/c20-14-2-4-15(5-3-14)22-9-13(8-21)19-23-16(10-26-19)12-1-6-17-18(7-12)25-11-24-17/h1-7,9-10,22H,11H2/b13-9-. The summed E-state index contributed by atoms with van der Waals surface area (Å²) in [5.41, 5.74) is 2.73. The molecule has 3 aromatic rings. The molecule has 2 aromatic carbocycles. The lowest BCUT2D eigenvalue weighted by molar-refractivity contribution is 0.174. The smallest absolute Gasteiger partial charge is 0.231 e. The molecule has 1 N–H and O–H groups in total. The fraction of sp³-hybridized carbons (Fsp3) is 0.0526. The molecule has 0 unspecified atom stereocenters. The number of nitrogens with zero attached hydrogens (tertiary/aromatic N) is 2. The van der Waals surface area contributed by atoms with Crippen LogP contribution in [0.1, 0.15) is 5.01 Å². The van der Waals surface area contributed by atoms with Gasteiger partial charge in [0, 0.05) is 22.8 Å². The number of nitriles is 1. The van der Waals surface area contributed by atoms with E-state index < -0.39 is 0 Å². The van der Waals surface area contributed by atoms with E-state index in [0.717, 1.165) is 11.3 Å². The van der Waals surface area contributed by atoms with Crippen LogP contribution in [0.25, 0.3) is 16.8 Å². The van der Waals surface area contributed by atoms with Crippen molar-refractivity contribution in [2.75, 3.05) is 12.1 Å². The molecule has 1 aliphatic heterocycles. The van der Waals surface area contributed by atoms with Crippen LogP contribution in [0.4, 0.5) is 10.1 Å². The summed E-state index contributed by atoms with van der Waals surface area (Å²) in [6.45, 7) is 0.220. The van der Waals surface area contributed by atoms with Crippen LogP contribution in [0, 0.1) is 17.1 Å². The molecule has 0 spiro atoms. The summed E-state index contributed by atoms with van der Waals surface area (Å²) in [6.07, 6.45) is 1.56. The van der Waals surface area contributed by atoms with Gasteiger partial charge in [-0.25, -0.2) is 9.37 Å². The van der Waals surface area contributed by atoms with E-state index in [9.17, 15) is 9.65 Å². The molecule has 1 aliphatic rings. The van der Waals surface area contributed by atoms with E-state index >= 15 is 0 Å². The number of aromatic nitrogens is 1. The number of benzene rings is 2. The SMILES string of the molecule is N#C/C(=C/Nc1ccc(F)cc1)c1nc(-c2ccc3c(c2)OCO3)cs1. The maximum Gasteiger partial charge on any atom is 0.231 e. The van der Waals surface area contributed by atoms with E-state index in [-0.39, 0.29) is 12.6 Å². The topological polar surface area (TPSA) is 67.2 Å². The molecule has 0 amide bonds. The fourth-order valence-corrected chi connectivity index (χ4v) is 3.22. The number of thiazole rings is 1. The molecule has 7 heteroatoms. The van der Waals surface area contributed by atoms with Crippen LogP contribution < -0.4 is 14.8 Å². The summed E-state index contributed by atoms with van der Waals surface area (Å²) < 4.78 is 23.6. The lowest BCUT2D eigenvalue weighted by Crippen LogP contribution is -1.92. The molecule has 0 radical (unpaired) electrons.